The first-order valence-corrected chi connectivity index (χ1v) is 14.1. The second-order valence-electron chi connectivity index (χ2n) is 10.3. The molecular formula is C31H47NO3. The predicted octanol–water partition coefficient (Wildman–Crippen LogP) is 8.76. The maximum Gasteiger partial charge on any atom is 0.185 e. The van der Waals surface area contributed by atoms with Crippen molar-refractivity contribution < 1.29 is 14.2 Å². The molecule has 0 N–H and O–H groups in total. The third kappa shape index (κ3) is 9.93. The quantitative estimate of drug-likeness (QED) is 0.225. The molecule has 0 radical (unpaired) electrons. The number of benzene rings is 1. The van der Waals surface area contributed by atoms with E-state index in [2.05, 4.69) is 50.0 Å². The van der Waals surface area contributed by atoms with Crippen LogP contribution < -0.4 is 4.74 Å². The Bertz CT molecular complexity index is 797. The van der Waals surface area contributed by atoms with Crippen molar-refractivity contribution in [3.05, 3.63) is 48.2 Å². The molecule has 1 aliphatic rings. The zero-order valence-corrected chi connectivity index (χ0v) is 22.3. The van der Waals surface area contributed by atoms with Gasteiger partial charge in [0.2, 0.25) is 0 Å². The highest BCUT2D eigenvalue weighted by Gasteiger charge is 2.23. The molecule has 4 nitrogen and oxygen atoms in total. The topological polar surface area (TPSA) is 40.6 Å². The van der Waals surface area contributed by atoms with Crippen LogP contribution in [0.5, 0.6) is 5.75 Å². The van der Waals surface area contributed by atoms with Gasteiger partial charge in [-0.3, -0.25) is 4.98 Å². The Morgan fingerprint density at radius 2 is 1.63 bits per heavy atom. The zero-order chi connectivity index (χ0) is 24.7. The number of hydrogen-bond donors (Lipinski definition) is 0. The average molecular weight is 482 g/mol. The third-order valence-electron chi connectivity index (χ3n) is 7.20. The minimum absolute atomic E-state index is 0.298. The number of unbranched alkanes of at least 4 members (excludes halogenated alkanes) is 6. The van der Waals surface area contributed by atoms with Crippen LogP contribution in [0.3, 0.4) is 0 Å². The number of rotatable bonds is 16. The minimum atomic E-state index is -0.298. The summed E-state index contributed by atoms with van der Waals surface area (Å²) in [5.74, 6) is 2.26. The van der Waals surface area contributed by atoms with Crippen molar-refractivity contribution >= 4 is 0 Å². The van der Waals surface area contributed by atoms with Gasteiger partial charge in [0.15, 0.2) is 6.29 Å². The minimum Gasteiger partial charge on any atom is -0.494 e. The maximum atomic E-state index is 6.03. The summed E-state index contributed by atoms with van der Waals surface area (Å²) in [6.07, 6.45) is 15.7. The van der Waals surface area contributed by atoms with Crippen LogP contribution in [0.4, 0.5) is 0 Å². The Kier molecular flexibility index (Phi) is 12.6. The smallest absolute Gasteiger partial charge is 0.185 e. The Labute approximate surface area is 213 Å². The van der Waals surface area contributed by atoms with Gasteiger partial charge >= 0.3 is 0 Å². The Hall–Kier alpha value is -1.91. The van der Waals surface area contributed by atoms with E-state index in [1.807, 2.05) is 18.3 Å². The van der Waals surface area contributed by atoms with E-state index in [1.54, 1.807) is 0 Å². The highest BCUT2D eigenvalue weighted by Crippen LogP contribution is 2.28. The molecule has 1 saturated heterocycles. The molecule has 4 heteroatoms. The Balaban J connectivity index is 1.37. The molecular weight excluding hydrogens is 434 g/mol. The number of aromatic nitrogens is 1. The first kappa shape index (κ1) is 27.7. The van der Waals surface area contributed by atoms with Gasteiger partial charge in [-0.25, -0.2) is 0 Å². The second kappa shape index (κ2) is 16.0. The lowest BCUT2D eigenvalue weighted by atomic mass is 10.0. The average Bonchev–Trinajstić information content (AvgIpc) is 2.91. The largest absolute Gasteiger partial charge is 0.494 e. The van der Waals surface area contributed by atoms with Crippen LogP contribution in [-0.2, 0) is 9.47 Å². The van der Waals surface area contributed by atoms with Gasteiger partial charge in [-0.1, -0.05) is 78.2 Å². The molecule has 3 rings (SSSR count). The molecule has 35 heavy (non-hydrogen) atoms. The molecule has 2 heterocycles. The summed E-state index contributed by atoms with van der Waals surface area (Å²) in [4.78, 5) is 4.67. The van der Waals surface area contributed by atoms with Crippen molar-refractivity contribution in [2.75, 3.05) is 19.8 Å². The predicted molar refractivity (Wildman–Crippen MR) is 145 cm³/mol. The van der Waals surface area contributed by atoms with Gasteiger partial charge in [-0.2, -0.15) is 0 Å². The molecule has 1 fully saturated rings. The van der Waals surface area contributed by atoms with Gasteiger partial charge < -0.3 is 14.2 Å². The summed E-state index contributed by atoms with van der Waals surface area (Å²) < 4.78 is 18.0. The fourth-order valence-corrected chi connectivity index (χ4v) is 4.54. The lowest BCUT2D eigenvalue weighted by Gasteiger charge is -2.29. The molecule has 1 aromatic heterocycles. The summed E-state index contributed by atoms with van der Waals surface area (Å²) in [6, 6.07) is 12.4. The Morgan fingerprint density at radius 1 is 0.886 bits per heavy atom. The Morgan fingerprint density at radius 3 is 2.31 bits per heavy atom. The van der Waals surface area contributed by atoms with Gasteiger partial charge in [0.25, 0.3) is 0 Å². The van der Waals surface area contributed by atoms with E-state index in [0.29, 0.717) is 5.92 Å². The molecule has 2 aromatic rings. The summed E-state index contributed by atoms with van der Waals surface area (Å²) in [6.45, 7) is 9.18. The third-order valence-corrected chi connectivity index (χ3v) is 7.20. The molecule has 1 aromatic carbocycles. The molecule has 1 atom stereocenters. The highest BCUT2D eigenvalue weighted by molar-refractivity contribution is 5.60. The number of hydrogen-bond acceptors (Lipinski definition) is 4. The van der Waals surface area contributed by atoms with E-state index in [4.69, 9.17) is 14.2 Å². The SMILES string of the molecule is CCCCCCCCC1COC(c2ccc(-c3ccc(OCCCCC(C)CC)cc3)nc2)OC1. The first-order valence-electron chi connectivity index (χ1n) is 14.1. The van der Waals surface area contributed by atoms with Crippen molar-refractivity contribution in [1.29, 1.82) is 0 Å². The molecule has 0 bridgehead atoms. The zero-order valence-electron chi connectivity index (χ0n) is 22.3. The van der Waals surface area contributed by atoms with E-state index < -0.39 is 0 Å². The number of pyridine rings is 1. The van der Waals surface area contributed by atoms with E-state index in [1.165, 1.54) is 64.2 Å². The van der Waals surface area contributed by atoms with Crippen molar-refractivity contribution in [2.45, 2.75) is 97.7 Å². The van der Waals surface area contributed by atoms with E-state index in [-0.39, 0.29) is 6.29 Å². The van der Waals surface area contributed by atoms with Crippen molar-refractivity contribution in [2.24, 2.45) is 11.8 Å². The van der Waals surface area contributed by atoms with E-state index >= 15 is 0 Å². The first-order chi connectivity index (χ1) is 17.2. The van der Waals surface area contributed by atoms with Gasteiger partial charge in [-0.05, 0) is 55.5 Å². The number of nitrogens with zero attached hydrogens (tertiary/aromatic N) is 1. The van der Waals surface area contributed by atoms with Crippen LogP contribution in [0.15, 0.2) is 42.6 Å². The summed E-state index contributed by atoms with van der Waals surface area (Å²) >= 11 is 0. The van der Waals surface area contributed by atoms with Crippen LogP contribution in [0, 0.1) is 11.8 Å². The van der Waals surface area contributed by atoms with Crippen molar-refractivity contribution in [3.63, 3.8) is 0 Å². The van der Waals surface area contributed by atoms with Crippen molar-refractivity contribution in [1.82, 2.24) is 4.98 Å². The lowest BCUT2D eigenvalue weighted by molar-refractivity contribution is -0.206. The monoisotopic (exact) mass is 481 g/mol. The molecule has 194 valence electrons. The van der Waals surface area contributed by atoms with Gasteiger partial charge in [0.1, 0.15) is 5.75 Å². The summed E-state index contributed by atoms with van der Waals surface area (Å²) in [5.41, 5.74) is 3.03. The van der Waals surface area contributed by atoms with Gasteiger partial charge in [0.05, 0.1) is 25.5 Å². The van der Waals surface area contributed by atoms with Crippen LogP contribution in [-0.4, -0.2) is 24.8 Å². The van der Waals surface area contributed by atoms with Crippen LogP contribution in [0.1, 0.15) is 103 Å². The van der Waals surface area contributed by atoms with Crippen LogP contribution in [0.2, 0.25) is 0 Å². The molecule has 1 unspecified atom stereocenters. The van der Waals surface area contributed by atoms with Crippen LogP contribution >= 0.6 is 0 Å². The molecule has 1 aliphatic heterocycles. The number of ether oxygens (including phenoxy) is 3. The maximum absolute atomic E-state index is 6.03. The molecule has 0 saturated carbocycles. The standard InChI is InChI=1S/C31H47NO3/c1-4-6-7-8-9-10-14-26-23-34-31(35-24-26)28-17-20-30(32-22-28)27-15-18-29(19-16-27)33-21-12-11-13-25(3)5-2/h15-20,22,25-26,31H,4-14,21,23-24H2,1-3H3. The van der Waals surface area contributed by atoms with Crippen molar-refractivity contribution in [3.8, 4) is 17.0 Å². The normalized spacial score (nSPS) is 18.9. The summed E-state index contributed by atoms with van der Waals surface area (Å²) in [7, 11) is 0. The summed E-state index contributed by atoms with van der Waals surface area (Å²) in [5, 5.41) is 0. The highest BCUT2D eigenvalue weighted by atomic mass is 16.7. The molecule has 0 aliphatic carbocycles. The van der Waals surface area contributed by atoms with Gasteiger partial charge in [0, 0.05) is 23.2 Å². The van der Waals surface area contributed by atoms with E-state index in [9.17, 15) is 0 Å². The second-order valence-corrected chi connectivity index (χ2v) is 10.3. The van der Waals surface area contributed by atoms with Gasteiger partial charge in [-0.15, -0.1) is 0 Å². The van der Waals surface area contributed by atoms with E-state index in [0.717, 1.165) is 54.7 Å². The molecule has 0 amide bonds. The molecule has 0 spiro atoms. The lowest BCUT2D eigenvalue weighted by Crippen LogP contribution is -2.27. The fourth-order valence-electron chi connectivity index (χ4n) is 4.54. The van der Waals surface area contributed by atoms with Crippen LogP contribution in [0.25, 0.3) is 11.3 Å². The fraction of sp³-hybridized carbons (Fsp3) is 0.645.